The van der Waals surface area contributed by atoms with E-state index in [-0.39, 0.29) is 5.82 Å². The van der Waals surface area contributed by atoms with E-state index in [9.17, 15) is 4.39 Å². The lowest BCUT2D eigenvalue weighted by Crippen LogP contribution is -2.06. The highest BCUT2D eigenvalue weighted by Gasteiger charge is 2.12. The van der Waals surface area contributed by atoms with Crippen LogP contribution in [0, 0.1) is 26.6 Å². The molecule has 0 aliphatic carbocycles. The van der Waals surface area contributed by atoms with Crippen molar-refractivity contribution in [1.29, 1.82) is 0 Å². The first-order chi connectivity index (χ1) is 9.04. The van der Waals surface area contributed by atoms with Crippen LogP contribution in [0.25, 0.3) is 11.3 Å². The summed E-state index contributed by atoms with van der Waals surface area (Å²) in [5.41, 5.74) is 4.20. The minimum absolute atomic E-state index is 0.216. The van der Waals surface area contributed by atoms with Crippen LogP contribution in [-0.2, 0) is 0 Å². The van der Waals surface area contributed by atoms with Gasteiger partial charge in [0.1, 0.15) is 5.82 Å². The summed E-state index contributed by atoms with van der Waals surface area (Å²) < 4.78 is 13.6. The SMILES string of the molecule is CCNc1nnc(-c2ccc(C)c(F)c2)c(C)c1C. The zero-order valence-corrected chi connectivity index (χ0v) is 11.7. The van der Waals surface area contributed by atoms with E-state index >= 15 is 0 Å². The maximum Gasteiger partial charge on any atom is 0.151 e. The van der Waals surface area contributed by atoms with E-state index in [1.807, 2.05) is 26.8 Å². The minimum atomic E-state index is -0.216. The topological polar surface area (TPSA) is 37.8 Å². The first-order valence-corrected chi connectivity index (χ1v) is 6.38. The van der Waals surface area contributed by atoms with E-state index < -0.39 is 0 Å². The third-order valence-corrected chi connectivity index (χ3v) is 3.31. The van der Waals surface area contributed by atoms with E-state index in [2.05, 4.69) is 15.5 Å². The van der Waals surface area contributed by atoms with Crippen molar-refractivity contribution in [1.82, 2.24) is 10.2 Å². The summed E-state index contributed by atoms with van der Waals surface area (Å²) in [5.74, 6) is 0.573. The van der Waals surface area contributed by atoms with Crippen LogP contribution in [0.4, 0.5) is 10.2 Å². The van der Waals surface area contributed by atoms with Gasteiger partial charge in [-0.2, -0.15) is 0 Å². The normalized spacial score (nSPS) is 10.6. The number of nitrogens with one attached hydrogen (secondary N) is 1. The van der Waals surface area contributed by atoms with E-state index in [1.54, 1.807) is 13.0 Å². The number of halogens is 1. The Morgan fingerprint density at radius 1 is 1.11 bits per heavy atom. The van der Waals surface area contributed by atoms with Gasteiger partial charge in [0.05, 0.1) is 5.69 Å². The second kappa shape index (κ2) is 5.34. The van der Waals surface area contributed by atoms with Gasteiger partial charge in [-0.15, -0.1) is 10.2 Å². The molecule has 0 radical (unpaired) electrons. The van der Waals surface area contributed by atoms with Gasteiger partial charge in [-0.1, -0.05) is 12.1 Å². The standard InChI is InChI=1S/C15H18FN3/c1-5-17-15-11(4)10(3)14(18-19-15)12-7-6-9(2)13(16)8-12/h6-8H,5H2,1-4H3,(H,17,19). The molecule has 0 aliphatic rings. The predicted octanol–water partition coefficient (Wildman–Crippen LogP) is 3.64. The number of hydrogen-bond donors (Lipinski definition) is 1. The fourth-order valence-electron chi connectivity index (χ4n) is 1.95. The number of aromatic nitrogens is 2. The number of anilines is 1. The first-order valence-electron chi connectivity index (χ1n) is 6.38. The van der Waals surface area contributed by atoms with E-state index in [1.165, 1.54) is 6.07 Å². The zero-order chi connectivity index (χ0) is 14.0. The zero-order valence-electron chi connectivity index (χ0n) is 11.7. The van der Waals surface area contributed by atoms with Gasteiger partial charge in [0, 0.05) is 12.1 Å². The summed E-state index contributed by atoms with van der Waals surface area (Å²) in [6.45, 7) is 8.54. The molecule has 1 heterocycles. The van der Waals surface area contributed by atoms with Crippen molar-refractivity contribution in [2.75, 3.05) is 11.9 Å². The van der Waals surface area contributed by atoms with E-state index in [4.69, 9.17) is 0 Å². The van der Waals surface area contributed by atoms with Crippen molar-refractivity contribution in [2.24, 2.45) is 0 Å². The van der Waals surface area contributed by atoms with Crippen LogP contribution in [0.15, 0.2) is 18.2 Å². The predicted molar refractivity (Wildman–Crippen MR) is 75.8 cm³/mol. The number of nitrogens with zero attached hydrogens (tertiary/aromatic N) is 2. The third-order valence-electron chi connectivity index (χ3n) is 3.31. The summed E-state index contributed by atoms with van der Waals surface area (Å²) in [6.07, 6.45) is 0. The van der Waals surface area contributed by atoms with Crippen LogP contribution in [0.1, 0.15) is 23.6 Å². The molecule has 0 atom stereocenters. The quantitative estimate of drug-likeness (QED) is 0.914. The van der Waals surface area contributed by atoms with E-state index in [0.29, 0.717) is 5.56 Å². The molecule has 0 unspecified atom stereocenters. The van der Waals surface area contributed by atoms with E-state index in [0.717, 1.165) is 34.7 Å². The Morgan fingerprint density at radius 2 is 1.84 bits per heavy atom. The highest BCUT2D eigenvalue weighted by atomic mass is 19.1. The number of benzene rings is 1. The number of aryl methyl sites for hydroxylation is 1. The average Bonchev–Trinajstić information content (AvgIpc) is 2.39. The van der Waals surface area contributed by atoms with Crippen molar-refractivity contribution in [3.8, 4) is 11.3 Å². The molecule has 1 aromatic heterocycles. The Bertz CT molecular complexity index is 609. The molecular formula is C15H18FN3. The van der Waals surface area contributed by atoms with Crippen molar-refractivity contribution in [2.45, 2.75) is 27.7 Å². The molecule has 2 aromatic rings. The Hall–Kier alpha value is -1.97. The highest BCUT2D eigenvalue weighted by Crippen LogP contribution is 2.26. The van der Waals surface area contributed by atoms with Gasteiger partial charge in [-0.3, -0.25) is 0 Å². The number of rotatable bonds is 3. The summed E-state index contributed by atoms with van der Waals surface area (Å²) in [4.78, 5) is 0. The van der Waals surface area contributed by atoms with Gasteiger partial charge in [0.15, 0.2) is 5.82 Å². The van der Waals surface area contributed by atoms with Gasteiger partial charge >= 0.3 is 0 Å². The lowest BCUT2D eigenvalue weighted by molar-refractivity contribution is 0.619. The largest absolute Gasteiger partial charge is 0.369 e. The number of hydrogen-bond acceptors (Lipinski definition) is 3. The maximum atomic E-state index is 13.6. The van der Waals surface area contributed by atoms with Crippen LogP contribution in [0.5, 0.6) is 0 Å². The van der Waals surface area contributed by atoms with Crippen LogP contribution >= 0.6 is 0 Å². The van der Waals surface area contributed by atoms with Crippen LogP contribution in [0.2, 0.25) is 0 Å². The molecule has 3 nitrogen and oxygen atoms in total. The Labute approximate surface area is 112 Å². The Balaban J connectivity index is 2.51. The lowest BCUT2D eigenvalue weighted by atomic mass is 10.0. The molecule has 0 fully saturated rings. The van der Waals surface area contributed by atoms with Gasteiger partial charge in [-0.25, -0.2) is 4.39 Å². The fraction of sp³-hybridized carbons (Fsp3) is 0.333. The van der Waals surface area contributed by atoms with Gasteiger partial charge in [0.2, 0.25) is 0 Å². The van der Waals surface area contributed by atoms with Crippen LogP contribution in [0.3, 0.4) is 0 Å². The molecule has 0 bridgehead atoms. The van der Waals surface area contributed by atoms with Gasteiger partial charge in [-0.05, 0) is 50.5 Å². The lowest BCUT2D eigenvalue weighted by Gasteiger charge is -2.12. The minimum Gasteiger partial charge on any atom is -0.369 e. The Kier molecular flexibility index (Phi) is 3.79. The summed E-state index contributed by atoms with van der Waals surface area (Å²) in [6, 6.07) is 5.15. The maximum absolute atomic E-state index is 13.6. The molecule has 0 spiro atoms. The van der Waals surface area contributed by atoms with Gasteiger partial charge < -0.3 is 5.32 Å². The van der Waals surface area contributed by atoms with Crippen molar-refractivity contribution in [3.63, 3.8) is 0 Å². The summed E-state index contributed by atoms with van der Waals surface area (Å²) in [5, 5.41) is 11.6. The molecule has 0 aliphatic heterocycles. The average molecular weight is 259 g/mol. The van der Waals surface area contributed by atoms with Crippen LogP contribution < -0.4 is 5.32 Å². The Morgan fingerprint density at radius 3 is 2.47 bits per heavy atom. The second-order valence-electron chi connectivity index (χ2n) is 4.64. The molecule has 1 N–H and O–H groups in total. The molecule has 4 heteroatoms. The van der Waals surface area contributed by atoms with Crippen molar-refractivity contribution >= 4 is 5.82 Å². The third kappa shape index (κ3) is 2.57. The summed E-state index contributed by atoms with van der Waals surface area (Å²) in [7, 11) is 0. The van der Waals surface area contributed by atoms with Crippen molar-refractivity contribution < 1.29 is 4.39 Å². The molecular weight excluding hydrogens is 241 g/mol. The van der Waals surface area contributed by atoms with Gasteiger partial charge in [0.25, 0.3) is 0 Å². The van der Waals surface area contributed by atoms with Crippen LogP contribution in [-0.4, -0.2) is 16.7 Å². The molecule has 100 valence electrons. The highest BCUT2D eigenvalue weighted by molar-refractivity contribution is 5.66. The molecule has 0 amide bonds. The smallest absolute Gasteiger partial charge is 0.151 e. The molecule has 0 saturated heterocycles. The molecule has 0 saturated carbocycles. The fourth-order valence-corrected chi connectivity index (χ4v) is 1.95. The molecule has 1 aromatic carbocycles. The monoisotopic (exact) mass is 259 g/mol. The molecule has 2 rings (SSSR count). The van der Waals surface area contributed by atoms with Crippen molar-refractivity contribution in [3.05, 3.63) is 40.7 Å². The summed E-state index contributed by atoms with van der Waals surface area (Å²) >= 11 is 0. The second-order valence-corrected chi connectivity index (χ2v) is 4.64. The molecule has 19 heavy (non-hydrogen) atoms. The first kappa shape index (κ1) is 13.5.